The van der Waals surface area contributed by atoms with Crippen LogP contribution in [0.15, 0.2) is 66.2 Å². The Balaban J connectivity index is 1.68. The van der Waals surface area contributed by atoms with Crippen LogP contribution in [0, 0.1) is 11.3 Å². The molecule has 0 saturated heterocycles. The van der Waals surface area contributed by atoms with E-state index in [1.807, 2.05) is 12.1 Å². The third kappa shape index (κ3) is 4.11. The van der Waals surface area contributed by atoms with Crippen molar-refractivity contribution in [2.45, 2.75) is 18.3 Å². The smallest absolute Gasteiger partial charge is 0.313 e. The highest BCUT2D eigenvalue weighted by Gasteiger charge is 2.30. The molecule has 0 spiro atoms. The minimum atomic E-state index is -3.83. The van der Waals surface area contributed by atoms with Crippen molar-refractivity contribution in [2.24, 2.45) is 5.73 Å². The molecule has 0 aromatic heterocycles. The number of nitriles is 1. The SMILES string of the molecule is N#Cc1ccc(C2CC(OS(=O)(=O)Cc3ccccc3)=C(N)O2)cc1. The summed E-state index contributed by atoms with van der Waals surface area (Å²) in [5.74, 6) is -0.178. The highest BCUT2D eigenvalue weighted by Crippen LogP contribution is 2.35. The van der Waals surface area contributed by atoms with E-state index in [4.69, 9.17) is 19.9 Å². The lowest BCUT2D eigenvalue weighted by atomic mass is 10.1. The minimum absolute atomic E-state index is 0.0361. The van der Waals surface area contributed by atoms with Crippen molar-refractivity contribution in [3.8, 4) is 6.07 Å². The Kier molecular flexibility index (Phi) is 4.63. The van der Waals surface area contributed by atoms with E-state index in [1.54, 1.807) is 48.5 Å². The van der Waals surface area contributed by atoms with Crippen LogP contribution in [0.5, 0.6) is 0 Å². The molecule has 0 radical (unpaired) electrons. The van der Waals surface area contributed by atoms with Crippen molar-refractivity contribution < 1.29 is 17.3 Å². The fourth-order valence-corrected chi connectivity index (χ4v) is 3.64. The number of nitrogens with two attached hydrogens (primary N) is 1. The van der Waals surface area contributed by atoms with Crippen LogP contribution >= 0.6 is 0 Å². The zero-order valence-corrected chi connectivity index (χ0v) is 14.1. The number of nitrogens with zero attached hydrogens (tertiary/aromatic N) is 1. The summed E-state index contributed by atoms with van der Waals surface area (Å²) < 4.78 is 35.1. The van der Waals surface area contributed by atoms with Crippen molar-refractivity contribution in [3.63, 3.8) is 0 Å². The summed E-state index contributed by atoms with van der Waals surface area (Å²) in [6.45, 7) is 0. The summed E-state index contributed by atoms with van der Waals surface area (Å²) >= 11 is 0. The fourth-order valence-electron chi connectivity index (χ4n) is 2.52. The van der Waals surface area contributed by atoms with Gasteiger partial charge in [0.05, 0.1) is 18.1 Å². The summed E-state index contributed by atoms with van der Waals surface area (Å²) in [5, 5.41) is 8.83. The highest BCUT2D eigenvalue weighted by atomic mass is 32.2. The second-order valence-electron chi connectivity index (χ2n) is 5.60. The topological polar surface area (TPSA) is 102 Å². The second kappa shape index (κ2) is 6.87. The summed E-state index contributed by atoms with van der Waals surface area (Å²) in [6.07, 6.45) is -0.221. The van der Waals surface area contributed by atoms with Gasteiger partial charge in [-0.25, -0.2) is 0 Å². The molecule has 1 aliphatic heterocycles. The lowest BCUT2D eigenvalue weighted by Crippen LogP contribution is -2.10. The van der Waals surface area contributed by atoms with Crippen LogP contribution in [-0.4, -0.2) is 8.42 Å². The molecule has 0 aliphatic carbocycles. The van der Waals surface area contributed by atoms with Crippen LogP contribution in [0.1, 0.15) is 29.2 Å². The predicted octanol–water partition coefficient (Wildman–Crippen LogP) is 2.69. The normalized spacial score (nSPS) is 17.0. The zero-order valence-electron chi connectivity index (χ0n) is 13.3. The lowest BCUT2D eigenvalue weighted by molar-refractivity contribution is 0.143. The Bertz CT molecular complexity index is 929. The maximum Gasteiger partial charge on any atom is 0.313 e. The predicted molar refractivity (Wildman–Crippen MR) is 91.0 cm³/mol. The van der Waals surface area contributed by atoms with E-state index in [2.05, 4.69) is 0 Å². The first-order chi connectivity index (χ1) is 12.0. The Morgan fingerprint density at radius 2 is 1.84 bits per heavy atom. The summed E-state index contributed by atoms with van der Waals surface area (Å²) in [5.41, 5.74) is 7.73. The third-order valence-corrected chi connectivity index (χ3v) is 4.88. The van der Waals surface area contributed by atoms with Gasteiger partial charge in [0.1, 0.15) is 11.9 Å². The van der Waals surface area contributed by atoms with Crippen molar-refractivity contribution in [1.29, 1.82) is 5.26 Å². The molecule has 0 bridgehead atoms. The molecule has 128 valence electrons. The van der Waals surface area contributed by atoms with Crippen LogP contribution in [-0.2, 0) is 24.8 Å². The molecule has 1 aliphatic rings. The number of hydrogen-bond donors (Lipinski definition) is 1. The first-order valence-electron chi connectivity index (χ1n) is 7.58. The first kappa shape index (κ1) is 16.9. The van der Waals surface area contributed by atoms with Gasteiger partial charge in [-0.1, -0.05) is 42.5 Å². The van der Waals surface area contributed by atoms with Crippen molar-refractivity contribution >= 4 is 10.1 Å². The molecule has 1 heterocycles. The van der Waals surface area contributed by atoms with Crippen molar-refractivity contribution in [3.05, 3.63) is 82.9 Å². The van der Waals surface area contributed by atoms with E-state index in [-0.39, 0.29) is 23.8 Å². The maximum atomic E-state index is 12.2. The molecule has 7 heteroatoms. The van der Waals surface area contributed by atoms with Gasteiger partial charge in [-0.2, -0.15) is 13.7 Å². The van der Waals surface area contributed by atoms with Gasteiger partial charge in [-0.3, -0.25) is 0 Å². The van der Waals surface area contributed by atoms with Crippen molar-refractivity contribution in [2.75, 3.05) is 0 Å². The van der Waals surface area contributed by atoms with Gasteiger partial charge in [-0.05, 0) is 23.3 Å². The number of hydrogen-bond acceptors (Lipinski definition) is 6. The largest absolute Gasteiger partial charge is 0.468 e. The van der Waals surface area contributed by atoms with E-state index < -0.39 is 16.2 Å². The summed E-state index contributed by atoms with van der Waals surface area (Å²) in [7, 11) is -3.83. The molecule has 1 atom stereocenters. The van der Waals surface area contributed by atoms with Gasteiger partial charge >= 0.3 is 10.1 Å². The highest BCUT2D eigenvalue weighted by molar-refractivity contribution is 7.86. The molecular formula is C18H16N2O4S. The van der Waals surface area contributed by atoms with E-state index in [1.165, 1.54) is 0 Å². The molecule has 6 nitrogen and oxygen atoms in total. The quantitative estimate of drug-likeness (QED) is 0.826. The average Bonchev–Trinajstić information content (AvgIpc) is 2.95. The molecule has 2 aromatic carbocycles. The standard InChI is InChI=1S/C18H16N2O4S/c19-11-13-6-8-15(9-7-13)16-10-17(18(20)23-16)24-25(21,22)12-14-4-2-1-3-5-14/h1-9,16H,10,12,20H2. The van der Waals surface area contributed by atoms with Crippen molar-refractivity contribution in [1.82, 2.24) is 0 Å². The monoisotopic (exact) mass is 356 g/mol. The molecule has 0 fully saturated rings. The Morgan fingerprint density at radius 1 is 1.16 bits per heavy atom. The van der Waals surface area contributed by atoms with Gasteiger partial charge < -0.3 is 14.7 Å². The minimum Gasteiger partial charge on any atom is -0.468 e. The summed E-state index contributed by atoms with van der Waals surface area (Å²) in [4.78, 5) is 0. The van der Waals surface area contributed by atoms with E-state index in [0.29, 0.717) is 11.1 Å². The Morgan fingerprint density at radius 3 is 2.48 bits per heavy atom. The van der Waals surface area contributed by atoms with Crippen LogP contribution < -0.4 is 5.73 Å². The molecule has 2 N–H and O–H groups in total. The third-order valence-electron chi connectivity index (χ3n) is 3.74. The maximum absolute atomic E-state index is 12.2. The van der Waals surface area contributed by atoms with Gasteiger partial charge in [-0.15, -0.1) is 0 Å². The van der Waals surface area contributed by atoms with Crippen LogP contribution in [0.4, 0.5) is 0 Å². The van der Waals surface area contributed by atoms with Gasteiger partial charge in [0.15, 0.2) is 5.76 Å². The van der Waals surface area contributed by atoms with Crippen LogP contribution in [0.25, 0.3) is 0 Å². The lowest BCUT2D eigenvalue weighted by Gasteiger charge is -2.11. The molecule has 1 unspecified atom stereocenters. The van der Waals surface area contributed by atoms with Gasteiger partial charge in [0.2, 0.25) is 5.88 Å². The molecule has 3 rings (SSSR count). The molecule has 0 saturated carbocycles. The molecular weight excluding hydrogens is 340 g/mol. The fraction of sp³-hybridized carbons (Fsp3) is 0.167. The van der Waals surface area contributed by atoms with E-state index in [0.717, 1.165) is 5.56 Å². The van der Waals surface area contributed by atoms with Crippen LogP contribution in [0.3, 0.4) is 0 Å². The Labute approximate surface area is 146 Å². The number of ether oxygens (including phenoxy) is 1. The number of benzene rings is 2. The van der Waals surface area contributed by atoms with E-state index in [9.17, 15) is 8.42 Å². The molecule has 2 aromatic rings. The first-order valence-corrected chi connectivity index (χ1v) is 9.16. The summed E-state index contributed by atoms with van der Waals surface area (Å²) in [6, 6.07) is 17.6. The van der Waals surface area contributed by atoms with E-state index >= 15 is 0 Å². The molecule has 0 amide bonds. The van der Waals surface area contributed by atoms with Gasteiger partial charge in [0, 0.05) is 0 Å². The zero-order chi connectivity index (χ0) is 17.9. The molecule has 25 heavy (non-hydrogen) atoms. The van der Waals surface area contributed by atoms with Crippen LogP contribution in [0.2, 0.25) is 0 Å². The number of rotatable bonds is 5. The second-order valence-corrected chi connectivity index (χ2v) is 7.17. The Hall–Kier alpha value is -2.98. The average molecular weight is 356 g/mol. The van der Waals surface area contributed by atoms with Gasteiger partial charge in [0.25, 0.3) is 0 Å².